The lowest BCUT2D eigenvalue weighted by Crippen LogP contribution is -2.52. The third-order valence-corrected chi connectivity index (χ3v) is 4.26. The first kappa shape index (κ1) is 19.6. The zero-order chi connectivity index (χ0) is 17.6. The maximum Gasteiger partial charge on any atom is 0.243 e. The van der Waals surface area contributed by atoms with Crippen LogP contribution >= 0.6 is 11.8 Å². The zero-order valence-electron chi connectivity index (χ0n) is 14.9. The van der Waals surface area contributed by atoms with Gasteiger partial charge in [0.25, 0.3) is 0 Å². The van der Waals surface area contributed by atoms with Crippen LogP contribution in [-0.2, 0) is 9.59 Å². The molecule has 0 radical (unpaired) electrons. The smallest absolute Gasteiger partial charge is 0.243 e. The standard InChI is InChI=1S/C18H28N2O2S/c1-12(2)14-7-9-15(10-8-14)23-11-16(19-13(3)21)17(22)20-18(4,5)6/h7-10,12,16H,11H2,1-6H3,(H,19,21)(H,20,22). The predicted octanol–water partition coefficient (Wildman–Crippen LogP) is 3.32. The van der Waals surface area contributed by atoms with Crippen molar-refractivity contribution in [3.05, 3.63) is 29.8 Å². The van der Waals surface area contributed by atoms with Gasteiger partial charge in [-0.2, -0.15) is 0 Å². The van der Waals surface area contributed by atoms with Crippen LogP contribution in [0.1, 0.15) is 53.0 Å². The maximum atomic E-state index is 12.3. The summed E-state index contributed by atoms with van der Waals surface area (Å²) >= 11 is 1.57. The van der Waals surface area contributed by atoms with Crippen LogP contribution in [0.3, 0.4) is 0 Å². The molecule has 0 fully saturated rings. The minimum absolute atomic E-state index is 0.154. The van der Waals surface area contributed by atoms with Crippen molar-refractivity contribution < 1.29 is 9.59 Å². The minimum atomic E-state index is -0.540. The number of hydrogen-bond donors (Lipinski definition) is 2. The normalized spacial score (nSPS) is 12.8. The lowest BCUT2D eigenvalue weighted by Gasteiger charge is -2.25. The van der Waals surface area contributed by atoms with E-state index in [0.717, 1.165) is 4.90 Å². The summed E-state index contributed by atoms with van der Waals surface area (Å²) in [7, 11) is 0. The maximum absolute atomic E-state index is 12.3. The Morgan fingerprint density at radius 1 is 1.13 bits per heavy atom. The summed E-state index contributed by atoms with van der Waals surface area (Å²) in [5.41, 5.74) is 0.968. The molecule has 0 heterocycles. The molecule has 0 saturated heterocycles. The number of carbonyl (C=O) groups excluding carboxylic acids is 2. The van der Waals surface area contributed by atoms with Gasteiger partial charge >= 0.3 is 0 Å². The molecule has 1 atom stereocenters. The number of thioether (sulfide) groups is 1. The van der Waals surface area contributed by atoms with Gasteiger partial charge in [-0.3, -0.25) is 9.59 Å². The van der Waals surface area contributed by atoms with Crippen molar-refractivity contribution in [3.8, 4) is 0 Å². The number of carbonyl (C=O) groups is 2. The van der Waals surface area contributed by atoms with Crippen LogP contribution in [0.15, 0.2) is 29.2 Å². The second-order valence-electron chi connectivity index (χ2n) is 7.03. The largest absolute Gasteiger partial charge is 0.350 e. The second kappa shape index (κ2) is 8.39. The van der Waals surface area contributed by atoms with E-state index in [-0.39, 0.29) is 17.4 Å². The summed E-state index contributed by atoms with van der Waals surface area (Å²) in [6.07, 6.45) is 0. The van der Waals surface area contributed by atoms with Crippen LogP contribution in [0.5, 0.6) is 0 Å². The highest BCUT2D eigenvalue weighted by Crippen LogP contribution is 2.22. The molecule has 0 aliphatic carbocycles. The molecule has 128 valence electrons. The molecule has 1 aromatic rings. The van der Waals surface area contributed by atoms with Gasteiger partial charge in [0, 0.05) is 23.1 Å². The van der Waals surface area contributed by atoms with Gasteiger partial charge < -0.3 is 10.6 Å². The first-order valence-corrected chi connectivity index (χ1v) is 8.89. The van der Waals surface area contributed by atoms with E-state index in [2.05, 4.69) is 48.7 Å². The SMILES string of the molecule is CC(=O)NC(CSc1ccc(C(C)C)cc1)C(=O)NC(C)(C)C. The molecule has 0 spiro atoms. The Morgan fingerprint density at radius 2 is 1.70 bits per heavy atom. The molecule has 0 saturated carbocycles. The molecule has 23 heavy (non-hydrogen) atoms. The Kier molecular flexibility index (Phi) is 7.13. The molecule has 1 rings (SSSR count). The number of rotatable bonds is 6. The number of nitrogens with one attached hydrogen (secondary N) is 2. The monoisotopic (exact) mass is 336 g/mol. The average Bonchev–Trinajstić information content (AvgIpc) is 2.41. The van der Waals surface area contributed by atoms with Crippen molar-refractivity contribution in [3.63, 3.8) is 0 Å². The molecule has 0 aliphatic heterocycles. The number of hydrogen-bond acceptors (Lipinski definition) is 3. The lowest BCUT2D eigenvalue weighted by atomic mass is 10.0. The van der Waals surface area contributed by atoms with Gasteiger partial charge in [0.05, 0.1) is 0 Å². The Hall–Kier alpha value is -1.49. The number of benzene rings is 1. The van der Waals surface area contributed by atoms with Crippen molar-refractivity contribution in [1.29, 1.82) is 0 Å². The van der Waals surface area contributed by atoms with E-state index in [1.165, 1.54) is 12.5 Å². The molecular weight excluding hydrogens is 308 g/mol. The fraction of sp³-hybridized carbons (Fsp3) is 0.556. The Labute approximate surface area is 143 Å². The third-order valence-electron chi connectivity index (χ3n) is 3.16. The predicted molar refractivity (Wildman–Crippen MR) is 96.8 cm³/mol. The van der Waals surface area contributed by atoms with Crippen LogP contribution in [0.4, 0.5) is 0 Å². The second-order valence-corrected chi connectivity index (χ2v) is 8.12. The van der Waals surface area contributed by atoms with E-state index in [9.17, 15) is 9.59 Å². The van der Waals surface area contributed by atoms with Gasteiger partial charge in [0.15, 0.2) is 0 Å². The molecule has 4 nitrogen and oxygen atoms in total. The minimum Gasteiger partial charge on any atom is -0.350 e. The summed E-state index contributed by atoms with van der Waals surface area (Å²) < 4.78 is 0. The van der Waals surface area contributed by atoms with E-state index in [4.69, 9.17) is 0 Å². The van der Waals surface area contributed by atoms with Crippen molar-refractivity contribution in [1.82, 2.24) is 10.6 Å². The molecule has 1 unspecified atom stereocenters. The first-order valence-electron chi connectivity index (χ1n) is 7.90. The van der Waals surface area contributed by atoms with Crippen LogP contribution in [0.25, 0.3) is 0 Å². The molecule has 1 aromatic carbocycles. The number of amides is 2. The van der Waals surface area contributed by atoms with E-state index >= 15 is 0 Å². The van der Waals surface area contributed by atoms with E-state index in [1.54, 1.807) is 11.8 Å². The van der Waals surface area contributed by atoms with Crippen LogP contribution in [0, 0.1) is 0 Å². The highest BCUT2D eigenvalue weighted by atomic mass is 32.2. The summed E-state index contributed by atoms with van der Waals surface area (Å²) in [4.78, 5) is 24.8. The van der Waals surface area contributed by atoms with Crippen molar-refractivity contribution in [2.75, 3.05) is 5.75 Å². The van der Waals surface area contributed by atoms with Crippen molar-refractivity contribution in [2.45, 2.75) is 63.9 Å². The third kappa shape index (κ3) is 7.55. The summed E-state index contributed by atoms with van der Waals surface area (Å²) in [5.74, 6) is 0.648. The fourth-order valence-corrected chi connectivity index (χ4v) is 2.94. The Bertz CT molecular complexity index is 533. The summed E-state index contributed by atoms with van der Waals surface area (Å²) in [6, 6.07) is 7.80. The van der Waals surface area contributed by atoms with Gasteiger partial charge in [-0.15, -0.1) is 11.8 Å². The first-order chi connectivity index (χ1) is 10.6. The van der Waals surface area contributed by atoms with E-state index in [1.807, 2.05) is 20.8 Å². The quantitative estimate of drug-likeness (QED) is 0.784. The Balaban J connectivity index is 2.70. The zero-order valence-corrected chi connectivity index (χ0v) is 15.7. The van der Waals surface area contributed by atoms with Gasteiger partial charge in [0.2, 0.25) is 11.8 Å². The lowest BCUT2D eigenvalue weighted by molar-refractivity contribution is -0.128. The molecule has 2 N–H and O–H groups in total. The van der Waals surface area contributed by atoms with Crippen molar-refractivity contribution >= 4 is 23.6 Å². The van der Waals surface area contributed by atoms with Crippen LogP contribution in [0.2, 0.25) is 0 Å². The van der Waals surface area contributed by atoms with E-state index < -0.39 is 6.04 Å². The summed E-state index contributed by atoms with van der Waals surface area (Å²) in [5, 5.41) is 5.65. The molecular formula is C18H28N2O2S. The Morgan fingerprint density at radius 3 is 2.13 bits per heavy atom. The van der Waals surface area contributed by atoms with Gasteiger partial charge in [0.1, 0.15) is 6.04 Å². The molecule has 5 heteroatoms. The highest BCUT2D eigenvalue weighted by Gasteiger charge is 2.23. The molecule has 2 amide bonds. The van der Waals surface area contributed by atoms with Gasteiger partial charge in [-0.1, -0.05) is 26.0 Å². The molecule has 0 bridgehead atoms. The van der Waals surface area contributed by atoms with Crippen LogP contribution < -0.4 is 10.6 Å². The van der Waals surface area contributed by atoms with E-state index in [0.29, 0.717) is 11.7 Å². The van der Waals surface area contributed by atoms with Gasteiger partial charge in [-0.25, -0.2) is 0 Å². The summed E-state index contributed by atoms with van der Waals surface area (Å²) in [6.45, 7) is 11.5. The van der Waals surface area contributed by atoms with Gasteiger partial charge in [-0.05, 0) is 44.4 Å². The molecule has 0 aliphatic rings. The average molecular weight is 337 g/mol. The highest BCUT2D eigenvalue weighted by molar-refractivity contribution is 7.99. The van der Waals surface area contributed by atoms with Crippen LogP contribution in [-0.4, -0.2) is 29.1 Å². The fourth-order valence-electron chi connectivity index (χ4n) is 2.01. The topological polar surface area (TPSA) is 58.2 Å². The van der Waals surface area contributed by atoms with Crippen molar-refractivity contribution in [2.24, 2.45) is 0 Å². The molecule has 0 aromatic heterocycles.